The Bertz CT molecular complexity index is 696. The number of hydrogen-bond donors (Lipinski definition) is 2. The van der Waals surface area contributed by atoms with Crippen LogP contribution in [0, 0.1) is 6.92 Å². The van der Waals surface area contributed by atoms with E-state index in [4.69, 9.17) is 5.73 Å². The molecule has 0 spiro atoms. The number of aryl methyl sites for hydroxylation is 1. The molecule has 0 saturated heterocycles. The van der Waals surface area contributed by atoms with E-state index in [0.717, 1.165) is 11.3 Å². The largest absolute Gasteiger partial charge is 0.368 e. The highest BCUT2D eigenvalue weighted by molar-refractivity contribution is 7.90. The van der Waals surface area contributed by atoms with Crippen LogP contribution in [0.25, 0.3) is 0 Å². The Kier molecular flexibility index (Phi) is 3.39. The van der Waals surface area contributed by atoms with Crippen LogP contribution in [0.5, 0.6) is 0 Å². The molecule has 0 aliphatic carbocycles. The third-order valence-corrected chi connectivity index (χ3v) is 3.66. The van der Waals surface area contributed by atoms with Crippen molar-refractivity contribution in [2.75, 3.05) is 17.3 Å². The Hall–Kier alpha value is -2.15. The molecule has 7 heteroatoms. The van der Waals surface area contributed by atoms with Gasteiger partial charge in [-0.05, 0) is 31.2 Å². The minimum Gasteiger partial charge on any atom is -0.368 e. The molecule has 3 N–H and O–H groups in total. The van der Waals surface area contributed by atoms with Crippen molar-refractivity contribution in [1.29, 1.82) is 0 Å². The third-order valence-electron chi connectivity index (χ3n) is 2.54. The number of anilines is 3. The van der Waals surface area contributed by atoms with Crippen LogP contribution < -0.4 is 11.1 Å². The normalized spacial score (nSPS) is 11.3. The summed E-state index contributed by atoms with van der Waals surface area (Å²) in [5.41, 5.74) is 7.10. The molecule has 0 fully saturated rings. The fourth-order valence-electron chi connectivity index (χ4n) is 1.50. The Labute approximate surface area is 111 Å². The van der Waals surface area contributed by atoms with Crippen LogP contribution in [0.2, 0.25) is 0 Å². The first-order chi connectivity index (χ1) is 8.86. The van der Waals surface area contributed by atoms with Gasteiger partial charge in [-0.25, -0.2) is 13.4 Å². The van der Waals surface area contributed by atoms with E-state index in [0.29, 0.717) is 5.82 Å². The lowest BCUT2D eigenvalue weighted by molar-refractivity contribution is 0.602. The monoisotopic (exact) mass is 278 g/mol. The molecule has 0 aliphatic heterocycles. The number of nitrogens with zero attached hydrogens (tertiary/aromatic N) is 2. The van der Waals surface area contributed by atoms with E-state index in [-0.39, 0.29) is 10.8 Å². The molecule has 0 aliphatic rings. The average Bonchev–Trinajstić information content (AvgIpc) is 2.33. The zero-order chi connectivity index (χ0) is 14.0. The topological polar surface area (TPSA) is 98.0 Å². The second-order valence-corrected chi connectivity index (χ2v) is 6.20. The number of benzene rings is 1. The molecule has 0 amide bonds. The second-order valence-electron chi connectivity index (χ2n) is 4.18. The van der Waals surface area contributed by atoms with Crippen molar-refractivity contribution in [3.05, 3.63) is 36.0 Å². The zero-order valence-corrected chi connectivity index (χ0v) is 11.4. The zero-order valence-electron chi connectivity index (χ0n) is 10.6. The third kappa shape index (κ3) is 3.19. The van der Waals surface area contributed by atoms with Crippen molar-refractivity contribution in [3.63, 3.8) is 0 Å². The highest BCUT2D eigenvalue weighted by Crippen LogP contribution is 2.20. The van der Waals surface area contributed by atoms with Crippen LogP contribution in [0.4, 0.5) is 17.5 Å². The van der Waals surface area contributed by atoms with Crippen LogP contribution >= 0.6 is 0 Å². The van der Waals surface area contributed by atoms with Gasteiger partial charge in [-0.2, -0.15) is 4.98 Å². The predicted molar refractivity (Wildman–Crippen MR) is 74.0 cm³/mol. The van der Waals surface area contributed by atoms with Gasteiger partial charge in [-0.1, -0.05) is 0 Å². The Balaban J connectivity index is 2.27. The summed E-state index contributed by atoms with van der Waals surface area (Å²) in [5, 5.41) is 3.07. The molecule has 2 rings (SSSR count). The lowest BCUT2D eigenvalue weighted by Crippen LogP contribution is -2.02. The summed E-state index contributed by atoms with van der Waals surface area (Å²) in [6, 6.07) is 6.43. The summed E-state index contributed by atoms with van der Waals surface area (Å²) < 4.78 is 22.7. The summed E-state index contributed by atoms with van der Waals surface area (Å²) >= 11 is 0. The van der Waals surface area contributed by atoms with Gasteiger partial charge in [0, 0.05) is 23.7 Å². The maximum Gasteiger partial charge on any atom is 0.221 e. The molecule has 1 aromatic heterocycles. The quantitative estimate of drug-likeness (QED) is 0.883. The van der Waals surface area contributed by atoms with Gasteiger partial charge in [0.2, 0.25) is 5.95 Å². The first kappa shape index (κ1) is 13.3. The minimum absolute atomic E-state index is 0.181. The molecule has 1 aromatic carbocycles. The molecule has 0 atom stereocenters. The summed E-state index contributed by atoms with van der Waals surface area (Å²) in [5.74, 6) is 0.778. The smallest absolute Gasteiger partial charge is 0.221 e. The predicted octanol–water partition coefficient (Wildman–Crippen LogP) is 1.51. The van der Waals surface area contributed by atoms with Crippen molar-refractivity contribution in [3.8, 4) is 0 Å². The fraction of sp³-hybridized carbons (Fsp3) is 0.167. The summed E-state index contributed by atoms with van der Waals surface area (Å²) in [6.07, 6.45) is 2.79. The Morgan fingerprint density at radius 2 is 1.84 bits per heavy atom. The van der Waals surface area contributed by atoms with Gasteiger partial charge in [0.15, 0.2) is 9.84 Å². The van der Waals surface area contributed by atoms with Crippen LogP contribution in [0.15, 0.2) is 35.4 Å². The first-order valence-corrected chi connectivity index (χ1v) is 7.41. The van der Waals surface area contributed by atoms with E-state index >= 15 is 0 Å². The molecule has 19 heavy (non-hydrogen) atoms. The van der Waals surface area contributed by atoms with Crippen molar-refractivity contribution in [1.82, 2.24) is 9.97 Å². The highest BCUT2D eigenvalue weighted by Gasteiger charge is 2.07. The van der Waals surface area contributed by atoms with E-state index in [1.54, 1.807) is 18.3 Å². The van der Waals surface area contributed by atoms with Gasteiger partial charge in [-0.15, -0.1) is 0 Å². The number of hydrogen-bond acceptors (Lipinski definition) is 6. The maximum atomic E-state index is 11.3. The summed E-state index contributed by atoms with van der Waals surface area (Å²) in [4.78, 5) is 8.23. The van der Waals surface area contributed by atoms with Gasteiger partial charge >= 0.3 is 0 Å². The second kappa shape index (κ2) is 4.85. The van der Waals surface area contributed by atoms with E-state index in [1.165, 1.54) is 18.4 Å². The number of rotatable bonds is 3. The molecular weight excluding hydrogens is 264 g/mol. The van der Waals surface area contributed by atoms with Crippen molar-refractivity contribution in [2.24, 2.45) is 0 Å². The molecule has 0 bridgehead atoms. The molecule has 100 valence electrons. The van der Waals surface area contributed by atoms with Gasteiger partial charge in [0.05, 0.1) is 4.90 Å². The van der Waals surface area contributed by atoms with Crippen LogP contribution in [0.3, 0.4) is 0 Å². The van der Waals surface area contributed by atoms with E-state index in [9.17, 15) is 8.42 Å². The van der Waals surface area contributed by atoms with Gasteiger partial charge in [-0.3, -0.25) is 0 Å². The number of nitrogens with one attached hydrogen (secondary N) is 1. The molecule has 1 heterocycles. The lowest BCUT2D eigenvalue weighted by Gasteiger charge is -2.09. The van der Waals surface area contributed by atoms with Crippen LogP contribution in [-0.4, -0.2) is 24.6 Å². The first-order valence-electron chi connectivity index (χ1n) is 5.52. The Morgan fingerprint density at radius 3 is 2.42 bits per heavy atom. The molecule has 6 nitrogen and oxygen atoms in total. The molecule has 0 radical (unpaired) electrons. The van der Waals surface area contributed by atoms with Crippen molar-refractivity contribution >= 4 is 27.3 Å². The number of aromatic nitrogens is 2. The van der Waals surface area contributed by atoms with Crippen LogP contribution in [-0.2, 0) is 9.84 Å². The molecule has 0 saturated carbocycles. The van der Waals surface area contributed by atoms with Crippen molar-refractivity contribution in [2.45, 2.75) is 11.8 Å². The van der Waals surface area contributed by atoms with E-state index in [1.807, 2.05) is 6.92 Å². The van der Waals surface area contributed by atoms with Crippen LogP contribution in [0.1, 0.15) is 5.56 Å². The molecular formula is C12H14N4O2S. The summed E-state index contributed by atoms with van der Waals surface area (Å²) in [7, 11) is -3.18. The molecule has 0 unspecified atom stereocenters. The minimum atomic E-state index is -3.18. The number of nitrogen functional groups attached to an aromatic ring is 1. The van der Waals surface area contributed by atoms with Gasteiger partial charge in [0.1, 0.15) is 5.82 Å². The lowest BCUT2D eigenvalue weighted by atomic mass is 10.3. The standard InChI is InChI=1S/C12H14N4O2S/c1-8-7-14-12(13)16-11(8)15-9-3-5-10(6-4-9)19(2,17)18/h3-7H,1-2H3,(H3,13,14,15,16). The number of sulfone groups is 1. The average molecular weight is 278 g/mol. The highest BCUT2D eigenvalue weighted by atomic mass is 32.2. The fourth-order valence-corrected chi connectivity index (χ4v) is 2.13. The number of nitrogens with two attached hydrogens (primary N) is 1. The Morgan fingerprint density at radius 1 is 1.21 bits per heavy atom. The van der Waals surface area contributed by atoms with Crippen molar-refractivity contribution < 1.29 is 8.42 Å². The molecule has 2 aromatic rings. The maximum absolute atomic E-state index is 11.3. The summed E-state index contributed by atoms with van der Waals surface area (Å²) in [6.45, 7) is 1.85. The van der Waals surface area contributed by atoms with E-state index in [2.05, 4.69) is 15.3 Å². The van der Waals surface area contributed by atoms with Gasteiger partial charge in [0.25, 0.3) is 0 Å². The SMILES string of the molecule is Cc1cnc(N)nc1Nc1ccc(S(C)(=O)=O)cc1. The van der Waals surface area contributed by atoms with E-state index < -0.39 is 9.84 Å². The van der Waals surface area contributed by atoms with Gasteiger partial charge < -0.3 is 11.1 Å².